The molecule has 3 N–H and O–H groups in total. The number of hydrogen-bond donors (Lipinski definition) is 2. The van der Waals surface area contributed by atoms with E-state index < -0.39 is 11.9 Å². The Balaban J connectivity index is 1.22. The highest BCUT2D eigenvalue weighted by Crippen LogP contribution is 2.44. The van der Waals surface area contributed by atoms with E-state index in [4.69, 9.17) is 20.3 Å². The molecule has 11 heteroatoms. The molecule has 2 aliphatic carbocycles. The van der Waals surface area contributed by atoms with Crippen LogP contribution < -0.4 is 20.1 Å². The lowest BCUT2D eigenvalue weighted by Gasteiger charge is -2.34. The van der Waals surface area contributed by atoms with E-state index in [0.29, 0.717) is 24.6 Å². The maximum atomic E-state index is 13.4. The first-order chi connectivity index (χ1) is 18.2. The summed E-state index contributed by atoms with van der Waals surface area (Å²) in [6.07, 6.45) is 4.13. The second-order valence-corrected chi connectivity index (χ2v) is 10.6. The number of halogens is 2. The minimum absolute atomic E-state index is 0.0454. The second-order valence-electron chi connectivity index (χ2n) is 10.6. The van der Waals surface area contributed by atoms with Gasteiger partial charge >= 0.3 is 12.0 Å². The number of ether oxygens (including phenoxy) is 2. The fraction of sp³-hybridized carbons (Fsp3) is 0.556. The number of alkyl halides is 2. The van der Waals surface area contributed by atoms with Crippen molar-refractivity contribution in [1.82, 2.24) is 9.97 Å². The maximum absolute atomic E-state index is 13.4. The molecule has 2 heterocycles. The van der Waals surface area contributed by atoms with E-state index in [1.54, 1.807) is 4.90 Å². The lowest BCUT2D eigenvalue weighted by Crippen LogP contribution is -2.36. The number of aromatic nitrogens is 2. The third-order valence-electron chi connectivity index (χ3n) is 7.81. The van der Waals surface area contributed by atoms with E-state index in [1.165, 1.54) is 5.56 Å². The molecule has 1 aromatic carbocycles. The van der Waals surface area contributed by atoms with Crippen LogP contribution in [0.15, 0.2) is 24.3 Å². The van der Waals surface area contributed by atoms with Crippen LogP contribution in [0, 0.1) is 11.8 Å². The van der Waals surface area contributed by atoms with E-state index >= 15 is 0 Å². The van der Waals surface area contributed by atoms with Crippen molar-refractivity contribution in [2.75, 3.05) is 30.4 Å². The fourth-order valence-corrected chi connectivity index (χ4v) is 5.70. The molecular formula is C27H32F2N4O5. The van der Waals surface area contributed by atoms with Gasteiger partial charge in [-0.3, -0.25) is 9.59 Å². The van der Waals surface area contributed by atoms with Gasteiger partial charge in [0.25, 0.3) is 5.91 Å². The molecule has 1 amide bonds. The summed E-state index contributed by atoms with van der Waals surface area (Å²) >= 11 is 0. The third kappa shape index (κ3) is 5.81. The lowest BCUT2D eigenvalue weighted by molar-refractivity contribution is -0.138. The summed E-state index contributed by atoms with van der Waals surface area (Å²) in [7, 11) is 0. The van der Waals surface area contributed by atoms with Gasteiger partial charge in [-0.2, -0.15) is 9.97 Å². The van der Waals surface area contributed by atoms with Gasteiger partial charge in [0, 0.05) is 24.9 Å². The van der Waals surface area contributed by atoms with Crippen molar-refractivity contribution in [3.63, 3.8) is 0 Å². The van der Waals surface area contributed by atoms with Crippen molar-refractivity contribution in [2.45, 2.75) is 63.2 Å². The number of carboxylic acids is 1. The standard InChI is InChI=1S/C27H32F2N4O5/c28-27(29)14-17(15-27)9-11-38-26-31-23(30)22-24(32-26)37-12-10-33(25(22)36)20-7-5-19(6-8-20)18-3-1-16(2-4-18)13-21(34)35/h5-8,16-18H,1-4,9-15H2,(H,34,35)(H2,30,31,32). The largest absolute Gasteiger partial charge is 0.481 e. The minimum Gasteiger partial charge on any atom is -0.481 e. The Labute approximate surface area is 219 Å². The molecule has 0 spiro atoms. The number of anilines is 2. The van der Waals surface area contributed by atoms with Crippen LogP contribution in [-0.4, -0.2) is 52.6 Å². The van der Waals surface area contributed by atoms with Crippen molar-refractivity contribution < 1.29 is 33.0 Å². The smallest absolute Gasteiger partial charge is 0.321 e. The van der Waals surface area contributed by atoms with Crippen LogP contribution >= 0.6 is 0 Å². The SMILES string of the molecule is Nc1nc(OCCC2CC(F)(F)C2)nc2c1C(=O)N(c1ccc(C3CCC(CC(=O)O)CC3)cc1)CCO2. The van der Waals surface area contributed by atoms with Gasteiger partial charge in [0.2, 0.25) is 11.8 Å². The molecule has 0 saturated heterocycles. The summed E-state index contributed by atoms with van der Waals surface area (Å²) in [5.41, 5.74) is 8.06. The number of carboxylic acid groups (broad SMARTS) is 1. The van der Waals surface area contributed by atoms with Gasteiger partial charge in [-0.1, -0.05) is 12.1 Å². The van der Waals surface area contributed by atoms with Crippen LogP contribution in [0.4, 0.5) is 20.3 Å². The van der Waals surface area contributed by atoms with Crippen LogP contribution in [0.1, 0.15) is 73.2 Å². The van der Waals surface area contributed by atoms with Crippen LogP contribution in [0.2, 0.25) is 0 Å². The first kappa shape index (κ1) is 26.1. The summed E-state index contributed by atoms with van der Waals surface area (Å²) in [5.74, 6) is -3.17. The Morgan fingerprint density at radius 1 is 1.13 bits per heavy atom. The number of hydrogen-bond acceptors (Lipinski definition) is 7. The number of fused-ring (bicyclic) bond motifs is 1. The summed E-state index contributed by atoms with van der Waals surface area (Å²) in [5, 5.41) is 9.03. The van der Waals surface area contributed by atoms with E-state index in [2.05, 4.69) is 9.97 Å². The molecule has 0 bridgehead atoms. The molecule has 0 atom stereocenters. The monoisotopic (exact) mass is 530 g/mol. The predicted octanol–water partition coefficient (Wildman–Crippen LogP) is 4.66. The van der Waals surface area contributed by atoms with E-state index in [0.717, 1.165) is 25.7 Å². The van der Waals surface area contributed by atoms with Crippen molar-refractivity contribution in [2.24, 2.45) is 11.8 Å². The Bertz CT molecular complexity index is 1180. The number of carbonyl (C=O) groups excluding carboxylic acids is 1. The summed E-state index contributed by atoms with van der Waals surface area (Å²) in [4.78, 5) is 34.3. The molecule has 5 rings (SSSR count). The van der Waals surface area contributed by atoms with Gasteiger partial charge in [0.05, 0.1) is 13.2 Å². The number of rotatable bonds is 8. The van der Waals surface area contributed by atoms with Crippen molar-refractivity contribution >= 4 is 23.4 Å². The van der Waals surface area contributed by atoms with Crippen molar-refractivity contribution in [3.8, 4) is 11.9 Å². The van der Waals surface area contributed by atoms with Gasteiger partial charge < -0.3 is 25.2 Å². The summed E-state index contributed by atoms with van der Waals surface area (Å²) in [6.45, 7) is 0.661. The molecule has 1 aromatic heterocycles. The van der Waals surface area contributed by atoms with Gasteiger partial charge in [-0.15, -0.1) is 0 Å². The molecular weight excluding hydrogens is 498 g/mol. The molecule has 9 nitrogen and oxygen atoms in total. The average Bonchev–Trinajstić information content (AvgIpc) is 3.02. The molecule has 2 aromatic rings. The van der Waals surface area contributed by atoms with Gasteiger partial charge in [-0.05, 0) is 67.6 Å². The molecule has 2 fully saturated rings. The zero-order valence-corrected chi connectivity index (χ0v) is 21.1. The predicted molar refractivity (Wildman–Crippen MR) is 135 cm³/mol. The number of amides is 1. The molecule has 0 unspecified atom stereocenters. The van der Waals surface area contributed by atoms with E-state index in [1.807, 2.05) is 24.3 Å². The number of nitrogens with two attached hydrogens (primary N) is 1. The fourth-order valence-electron chi connectivity index (χ4n) is 5.70. The number of nitrogens with zero attached hydrogens (tertiary/aromatic N) is 3. The first-order valence-corrected chi connectivity index (χ1v) is 13.1. The zero-order chi connectivity index (χ0) is 26.9. The summed E-state index contributed by atoms with van der Waals surface area (Å²) < 4.78 is 37.3. The molecule has 204 valence electrons. The van der Waals surface area contributed by atoms with Gasteiger partial charge in [0.1, 0.15) is 18.0 Å². The Kier molecular flexibility index (Phi) is 7.36. The zero-order valence-electron chi connectivity index (χ0n) is 21.1. The summed E-state index contributed by atoms with van der Waals surface area (Å²) in [6, 6.07) is 7.80. The number of carbonyl (C=O) groups is 2. The number of nitrogen functional groups attached to an aromatic ring is 1. The highest BCUT2D eigenvalue weighted by Gasteiger charge is 2.44. The highest BCUT2D eigenvalue weighted by atomic mass is 19.3. The Morgan fingerprint density at radius 2 is 1.84 bits per heavy atom. The lowest BCUT2D eigenvalue weighted by atomic mass is 9.77. The van der Waals surface area contributed by atoms with Crippen molar-refractivity contribution in [3.05, 3.63) is 35.4 Å². The topological polar surface area (TPSA) is 128 Å². The van der Waals surface area contributed by atoms with Gasteiger partial charge in [-0.25, -0.2) is 8.78 Å². The number of aliphatic carboxylic acids is 1. The normalized spacial score (nSPS) is 23.1. The van der Waals surface area contributed by atoms with E-state index in [-0.39, 0.29) is 73.5 Å². The first-order valence-electron chi connectivity index (χ1n) is 13.1. The Morgan fingerprint density at radius 3 is 2.50 bits per heavy atom. The molecule has 2 saturated carbocycles. The second kappa shape index (κ2) is 10.7. The van der Waals surface area contributed by atoms with E-state index in [9.17, 15) is 18.4 Å². The molecule has 0 radical (unpaired) electrons. The van der Waals surface area contributed by atoms with Crippen LogP contribution in [0.5, 0.6) is 11.9 Å². The third-order valence-corrected chi connectivity index (χ3v) is 7.81. The van der Waals surface area contributed by atoms with Gasteiger partial charge in [0.15, 0.2) is 0 Å². The molecule has 3 aliphatic rings. The van der Waals surface area contributed by atoms with Crippen LogP contribution in [0.3, 0.4) is 0 Å². The molecule has 38 heavy (non-hydrogen) atoms. The molecule has 1 aliphatic heterocycles. The average molecular weight is 531 g/mol. The maximum Gasteiger partial charge on any atom is 0.321 e. The highest BCUT2D eigenvalue weighted by molar-refractivity contribution is 6.10. The minimum atomic E-state index is -2.57. The number of benzene rings is 1. The van der Waals surface area contributed by atoms with Crippen molar-refractivity contribution in [1.29, 1.82) is 0 Å². The quantitative estimate of drug-likeness (QED) is 0.504. The Hall–Kier alpha value is -3.50. The van der Waals surface area contributed by atoms with Crippen LogP contribution in [-0.2, 0) is 4.79 Å². The van der Waals surface area contributed by atoms with Crippen LogP contribution in [0.25, 0.3) is 0 Å².